The zero-order valence-electron chi connectivity index (χ0n) is 9.00. The summed E-state index contributed by atoms with van der Waals surface area (Å²) in [5.74, 6) is 0.0272. The van der Waals surface area contributed by atoms with Crippen molar-refractivity contribution in [3.63, 3.8) is 0 Å². The summed E-state index contributed by atoms with van der Waals surface area (Å²) in [7, 11) is 0. The molecule has 0 bridgehead atoms. The molecule has 1 heterocycles. The van der Waals surface area contributed by atoms with Crippen molar-refractivity contribution in [3.8, 4) is 6.07 Å². The Kier molecular flexibility index (Phi) is 5.79. The van der Waals surface area contributed by atoms with Crippen molar-refractivity contribution in [2.24, 2.45) is 0 Å². The molecule has 4 heteroatoms. The minimum absolute atomic E-state index is 0.0272. The Balaban J connectivity index is 2.03. The molecule has 0 spiro atoms. The summed E-state index contributed by atoms with van der Waals surface area (Å²) in [6.45, 7) is 1.29. The predicted octanol–water partition coefficient (Wildman–Crippen LogP) is 1.37. The maximum Gasteiger partial charge on any atom is 0.220 e. The maximum absolute atomic E-state index is 11.3. The zero-order valence-corrected chi connectivity index (χ0v) is 9.00. The van der Waals surface area contributed by atoms with Crippen LogP contribution in [0.1, 0.15) is 38.5 Å². The maximum atomic E-state index is 11.3. The Bertz CT molecular complexity index is 229. The topological polar surface area (TPSA) is 62.1 Å². The standard InChI is InChI=1S/C11H18N2O2/c12-7-3-8-13-11(14)6-5-10-4-1-2-9-15-10/h10H,1-6,8-9H2,(H,13,14). The summed E-state index contributed by atoms with van der Waals surface area (Å²) in [6.07, 6.45) is 5.39. The van der Waals surface area contributed by atoms with E-state index in [9.17, 15) is 4.79 Å². The largest absolute Gasteiger partial charge is 0.378 e. The van der Waals surface area contributed by atoms with E-state index in [1.807, 2.05) is 6.07 Å². The Morgan fingerprint density at radius 1 is 1.53 bits per heavy atom. The van der Waals surface area contributed by atoms with Gasteiger partial charge < -0.3 is 10.1 Å². The Morgan fingerprint density at radius 2 is 2.40 bits per heavy atom. The number of rotatable bonds is 5. The van der Waals surface area contributed by atoms with Gasteiger partial charge in [0.05, 0.1) is 18.6 Å². The van der Waals surface area contributed by atoms with Crippen molar-refractivity contribution in [1.82, 2.24) is 5.32 Å². The summed E-state index contributed by atoms with van der Waals surface area (Å²) >= 11 is 0. The van der Waals surface area contributed by atoms with E-state index in [-0.39, 0.29) is 12.0 Å². The van der Waals surface area contributed by atoms with Crippen LogP contribution in [0.2, 0.25) is 0 Å². The van der Waals surface area contributed by atoms with Crippen LogP contribution < -0.4 is 5.32 Å². The fraction of sp³-hybridized carbons (Fsp3) is 0.818. The molecular weight excluding hydrogens is 192 g/mol. The van der Waals surface area contributed by atoms with Crippen LogP contribution in [0, 0.1) is 11.3 Å². The van der Waals surface area contributed by atoms with Gasteiger partial charge in [-0.2, -0.15) is 5.26 Å². The average molecular weight is 210 g/mol. The molecule has 1 fully saturated rings. The van der Waals surface area contributed by atoms with Crippen molar-refractivity contribution >= 4 is 5.91 Å². The molecule has 1 unspecified atom stereocenters. The third-order valence-corrected chi connectivity index (χ3v) is 2.53. The van der Waals surface area contributed by atoms with Gasteiger partial charge >= 0.3 is 0 Å². The lowest BCUT2D eigenvalue weighted by atomic mass is 10.0. The van der Waals surface area contributed by atoms with Gasteiger partial charge in [0.15, 0.2) is 0 Å². The molecule has 4 nitrogen and oxygen atoms in total. The lowest BCUT2D eigenvalue weighted by Gasteiger charge is -2.22. The van der Waals surface area contributed by atoms with E-state index in [0.29, 0.717) is 19.4 Å². The van der Waals surface area contributed by atoms with Crippen molar-refractivity contribution in [2.45, 2.75) is 44.6 Å². The minimum atomic E-state index is 0.0272. The lowest BCUT2D eigenvalue weighted by molar-refractivity contribution is -0.122. The summed E-state index contributed by atoms with van der Waals surface area (Å²) in [5, 5.41) is 11.0. The van der Waals surface area contributed by atoms with E-state index in [4.69, 9.17) is 10.00 Å². The number of nitrogens with one attached hydrogen (secondary N) is 1. The second-order valence-corrected chi connectivity index (χ2v) is 3.79. The smallest absolute Gasteiger partial charge is 0.220 e. The van der Waals surface area contributed by atoms with E-state index in [1.54, 1.807) is 0 Å². The third-order valence-electron chi connectivity index (χ3n) is 2.53. The summed E-state index contributed by atoms with van der Waals surface area (Å²) < 4.78 is 5.52. The molecule has 0 aromatic carbocycles. The number of hydrogen-bond donors (Lipinski definition) is 1. The summed E-state index contributed by atoms with van der Waals surface area (Å²) in [4.78, 5) is 11.3. The van der Waals surface area contributed by atoms with Crippen LogP contribution in [-0.4, -0.2) is 25.2 Å². The summed E-state index contributed by atoms with van der Waals surface area (Å²) in [6, 6.07) is 1.99. The SMILES string of the molecule is N#CCCNC(=O)CCC1CCCCO1. The van der Waals surface area contributed by atoms with Crippen LogP contribution in [0.25, 0.3) is 0 Å². The molecule has 0 saturated carbocycles. The fourth-order valence-electron chi connectivity index (χ4n) is 1.67. The number of hydrogen-bond acceptors (Lipinski definition) is 3. The number of nitriles is 1. The Morgan fingerprint density at radius 3 is 3.07 bits per heavy atom. The van der Waals surface area contributed by atoms with Gasteiger partial charge in [-0.25, -0.2) is 0 Å². The Labute approximate surface area is 90.6 Å². The highest BCUT2D eigenvalue weighted by atomic mass is 16.5. The van der Waals surface area contributed by atoms with Crippen LogP contribution in [-0.2, 0) is 9.53 Å². The molecule has 0 aromatic rings. The molecule has 1 aliphatic heterocycles. The van der Waals surface area contributed by atoms with Crippen molar-refractivity contribution in [2.75, 3.05) is 13.2 Å². The Hall–Kier alpha value is -1.08. The van der Waals surface area contributed by atoms with Gasteiger partial charge in [-0.15, -0.1) is 0 Å². The number of amides is 1. The first kappa shape index (κ1) is 12.0. The van der Waals surface area contributed by atoms with Gasteiger partial charge in [0.1, 0.15) is 0 Å². The van der Waals surface area contributed by atoms with Gasteiger partial charge in [-0.1, -0.05) is 0 Å². The zero-order chi connectivity index (χ0) is 10.9. The summed E-state index contributed by atoms with van der Waals surface area (Å²) in [5.41, 5.74) is 0. The van der Waals surface area contributed by atoms with Crippen LogP contribution >= 0.6 is 0 Å². The molecule has 84 valence electrons. The molecule has 1 atom stereocenters. The molecule has 1 rings (SSSR count). The molecule has 1 amide bonds. The van der Waals surface area contributed by atoms with E-state index in [0.717, 1.165) is 25.9 Å². The van der Waals surface area contributed by atoms with Crippen LogP contribution in [0.5, 0.6) is 0 Å². The van der Waals surface area contributed by atoms with E-state index in [1.165, 1.54) is 6.42 Å². The average Bonchev–Trinajstić information content (AvgIpc) is 2.28. The first-order valence-corrected chi connectivity index (χ1v) is 5.58. The highest BCUT2D eigenvalue weighted by Gasteiger charge is 2.14. The van der Waals surface area contributed by atoms with E-state index in [2.05, 4.69) is 5.32 Å². The second kappa shape index (κ2) is 7.24. The lowest BCUT2D eigenvalue weighted by Crippen LogP contribution is -2.26. The monoisotopic (exact) mass is 210 g/mol. The predicted molar refractivity (Wildman–Crippen MR) is 56.1 cm³/mol. The van der Waals surface area contributed by atoms with Crippen LogP contribution in [0.4, 0.5) is 0 Å². The molecule has 1 N–H and O–H groups in total. The van der Waals surface area contributed by atoms with Gasteiger partial charge in [-0.05, 0) is 25.7 Å². The van der Waals surface area contributed by atoms with Crippen LogP contribution in [0.15, 0.2) is 0 Å². The quantitative estimate of drug-likeness (QED) is 0.697. The van der Waals surface area contributed by atoms with Gasteiger partial charge in [-0.3, -0.25) is 4.79 Å². The van der Waals surface area contributed by atoms with E-state index >= 15 is 0 Å². The number of carbonyl (C=O) groups is 1. The van der Waals surface area contributed by atoms with E-state index < -0.39 is 0 Å². The normalized spacial score (nSPS) is 20.6. The minimum Gasteiger partial charge on any atom is -0.378 e. The fourth-order valence-corrected chi connectivity index (χ4v) is 1.67. The number of carbonyl (C=O) groups excluding carboxylic acids is 1. The molecule has 15 heavy (non-hydrogen) atoms. The first-order valence-electron chi connectivity index (χ1n) is 5.58. The molecule has 1 saturated heterocycles. The second-order valence-electron chi connectivity index (χ2n) is 3.79. The van der Waals surface area contributed by atoms with Crippen molar-refractivity contribution < 1.29 is 9.53 Å². The third kappa shape index (κ3) is 5.38. The van der Waals surface area contributed by atoms with Gasteiger partial charge in [0, 0.05) is 19.6 Å². The molecule has 0 aromatic heterocycles. The first-order chi connectivity index (χ1) is 7.33. The molecular formula is C11H18N2O2. The number of ether oxygens (including phenoxy) is 1. The highest BCUT2D eigenvalue weighted by molar-refractivity contribution is 5.75. The molecule has 1 aliphatic rings. The molecule has 0 radical (unpaired) electrons. The number of nitrogens with zero attached hydrogens (tertiary/aromatic N) is 1. The molecule has 0 aliphatic carbocycles. The van der Waals surface area contributed by atoms with Crippen molar-refractivity contribution in [3.05, 3.63) is 0 Å². The van der Waals surface area contributed by atoms with Gasteiger partial charge in [0.2, 0.25) is 5.91 Å². The van der Waals surface area contributed by atoms with Gasteiger partial charge in [0.25, 0.3) is 0 Å². The van der Waals surface area contributed by atoms with Crippen LogP contribution in [0.3, 0.4) is 0 Å². The van der Waals surface area contributed by atoms with Crippen molar-refractivity contribution in [1.29, 1.82) is 5.26 Å². The highest BCUT2D eigenvalue weighted by Crippen LogP contribution is 2.16.